The molecule has 0 aliphatic heterocycles. The first-order valence-corrected chi connectivity index (χ1v) is 5.73. The van der Waals surface area contributed by atoms with Gasteiger partial charge in [-0.15, -0.1) is 0 Å². The molecule has 0 spiro atoms. The van der Waals surface area contributed by atoms with E-state index in [4.69, 9.17) is 5.11 Å². The minimum atomic E-state index is -0.806. The quantitative estimate of drug-likeness (QED) is 0.583. The summed E-state index contributed by atoms with van der Waals surface area (Å²) in [5, 5.41) is 9.07. The SMILES string of the molecule is CCCCC/C(=C/c1ccccc1)C(=O)O. The lowest BCUT2D eigenvalue weighted by atomic mass is 10.0. The minimum Gasteiger partial charge on any atom is -0.478 e. The van der Waals surface area contributed by atoms with Crippen molar-refractivity contribution in [2.75, 3.05) is 0 Å². The van der Waals surface area contributed by atoms with Crippen LogP contribution in [0.5, 0.6) is 0 Å². The van der Waals surface area contributed by atoms with Crippen molar-refractivity contribution in [2.24, 2.45) is 0 Å². The summed E-state index contributed by atoms with van der Waals surface area (Å²) in [7, 11) is 0. The Balaban J connectivity index is 2.70. The average Bonchev–Trinajstić information content (AvgIpc) is 2.29. The van der Waals surface area contributed by atoms with Gasteiger partial charge >= 0.3 is 5.97 Å². The molecule has 0 saturated carbocycles. The summed E-state index contributed by atoms with van der Waals surface area (Å²) >= 11 is 0. The summed E-state index contributed by atoms with van der Waals surface area (Å²) in [6, 6.07) is 9.59. The number of carbonyl (C=O) groups is 1. The van der Waals surface area contributed by atoms with Crippen LogP contribution in [-0.2, 0) is 4.79 Å². The maximum absolute atomic E-state index is 11.0. The van der Waals surface area contributed by atoms with Crippen molar-refractivity contribution in [1.82, 2.24) is 0 Å². The van der Waals surface area contributed by atoms with Gasteiger partial charge in [0, 0.05) is 5.57 Å². The van der Waals surface area contributed by atoms with Crippen LogP contribution in [0.1, 0.15) is 38.2 Å². The van der Waals surface area contributed by atoms with Crippen molar-refractivity contribution in [3.8, 4) is 0 Å². The molecule has 1 aromatic carbocycles. The van der Waals surface area contributed by atoms with E-state index in [2.05, 4.69) is 6.92 Å². The van der Waals surface area contributed by atoms with E-state index in [0.717, 1.165) is 24.8 Å². The lowest BCUT2D eigenvalue weighted by Crippen LogP contribution is -2.00. The van der Waals surface area contributed by atoms with E-state index in [1.165, 1.54) is 0 Å². The number of unbranched alkanes of at least 4 members (excludes halogenated alkanes) is 2. The second kappa shape index (κ2) is 6.83. The summed E-state index contributed by atoms with van der Waals surface area (Å²) in [6.07, 6.45) is 5.55. The predicted molar refractivity (Wildman–Crippen MR) is 66.2 cm³/mol. The van der Waals surface area contributed by atoms with Crippen LogP contribution in [-0.4, -0.2) is 11.1 Å². The van der Waals surface area contributed by atoms with Gasteiger partial charge in [-0.25, -0.2) is 4.79 Å². The Morgan fingerprint density at radius 1 is 1.25 bits per heavy atom. The van der Waals surface area contributed by atoms with Gasteiger partial charge in [0.05, 0.1) is 0 Å². The van der Waals surface area contributed by atoms with Crippen molar-refractivity contribution in [3.63, 3.8) is 0 Å². The summed E-state index contributed by atoms with van der Waals surface area (Å²) in [5.41, 5.74) is 1.45. The Labute approximate surface area is 96.6 Å². The smallest absolute Gasteiger partial charge is 0.331 e. The van der Waals surface area contributed by atoms with Gasteiger partial charge in [0.2, 0.25) is 0 Å². The average molecular weight is 218 g/mol. The Morgan fingerprint density at radius 2 is 1.94 bits per heavy atom. The Bertz CT molecular complexity index is 352. The zero-order valence-corrected chi connectivity index (χ0v) is 9.65. The van der Waals surface area contributed by atoms with Crippen LogP contribution in [0.15, 0.2) is 35.9 Å². The molecule has 0 amide bonds. The molecule has 0 bridgehead atoms. The van der Waals surface area contributed by atoms with Gasteiger partial charge in [-0.1, -0.05) is 50.1 Å². The van der Waals surface area contributed by atoms with Gasteiger partial charge in [0.25, 0.3) is 0 Å². The second-order valence-electron chi connectivity index (χ2n) is 3.84. The molecular formula is C14H18O2. The van der Waals surface area contributed by atoms with Crippen LogP contribution >= 0.6 is 0 Å². The Kier molecular flexibility index (Phi) is 5.34. The maximum atomic E-state index is 11.0. The Morgan fingerprint density at radius 3 is 2.50 bits per heavy atom. The molecule has 0 aliphatic rings. The zero-order valence-electron chi connectivity index (χ0n) is 9.65. The first kappa shape index (κ1) is 12.5. The number of aliphatic carboxylic acids is 1. The topological polar surface area (TPSA) is 37.3 Å². The molecule has 0 aromatic heterocycles. The fourth-order valence-corrected chi connectivity index (χ4v) is 1.56. The van der Waals surface area contributed by atoms with Crippen molar-refractivity contribution < 1.29 is 9.90 Å². The maximum Gasteiger partial charge on any atom is 0.331 e. The van der Waals surface area contributed by atoms with Crippen molar-refractivity contribution >= 4 is 12.0 Å². The van der Waals surface area contributed by atoms with E-state index in [0.29, 0.717) is 12.0 Å². The third-order valence-electron chi connectivity index (χ3n) is 2.46. The molecule has 0 saturated heterocycles. The number of hydrogen-bond acceptors (Lipinski definition) is 1. The van der Waals surface area contributed by atoms with Crippen LogP contribution in [0.4, 0.5) is 0 Å². The van der Waals surface area contributed by atoms with Crippen molar-refractivity contribution in [3.05, 3.63) is 41.5 Å². The number of carboxylic acid groups (broad SMARTS) is 1. The number of benzene rings is 1. The van der Waals surface area contributed by atoms with Crippen molar-refractivity contribution in [1.29, 1.82) is 0 Å². The van der Waals surface area contributed by atoms with Crippen molar-refractivity contribution in [2.45, 2.75) is 32.6 Å². The first-order chi connectivity index (χ1) is 7.74. The monoisotopic (exact) mass is 218 g/mol. The van der Waals surface area contributed by atoms with Crippen LogP contribution < -0.4 is 0 Å². The molecular weight excluding hydrogens is 200 g/mol. The molecule has 2 nitrogen and oxygen atoms in total. The number of hydrogen-bond donors (Lipinski definition) is 1. The fourth-order valence-electron chi connectivity index (χ4n) is 1.56. The van der Waals surface area contributed by atoms with E-state index >= 15 is 0 Å². The van der Waals surface area contributed by atoms with E-state index < -0.39 is 5.97 Å². The largest absolute Gasteiger partial charge is 0.478 e. The van der Waals surface area contributed by atoms with Crippen LogP contribution in [0.2, 0.25) is 0 Å². The molecule has 1 N–H and O–H groups in total. The van der Waals surface area contributed by atoms with Gasteiger partial charge < -0.3 is 5.11 Å². The molecule has 1 rings (SSSR count). The molecule has 0 aliphatic carbocycles. The van der Waals surface area contributed by atoms with E-state index in [1.807, 2.05) is 30.3 Å². The third kappa shape index (κ3) is 4.30. The van der Waals surface area contributed by atoms with Gasteiger partial charge in [-0.05, 0) is 24.5 Å². The second-order valence-corrected chi connectivity index (χ2v) is 3.84. The van der Waals surface area contributed by atoms with Gasteiger partial charge in [-0.3, -0.25) is 0 Å². The molecule has 0 atom stereocenters. The summed E-state index contributed by atoms with van der Waals surface area (Å²) in [6.45, 7) is 2.11. The highest BCUT2D eigenvalue weighted by atomic mass is 16.4. The number of rotatable bonds is 6. The lowest BCUT2D eigenvalue weighted by Gasteiger charge is -2.02. The van der Waals surface area contributed by atoms with Crippen LogP contribution in [0, 0.1) is 0 Å². The molecule has 86 valence electrons. The van der Waals surface area contributed by atoms with Gasteiger partial charge in [0.1, 0.15) is 0 Å². The minimum absolute atomic E-state index is 0.500. The molecule has 0 heterocycles. The summed E-state index contributed by atoms with van der Waals surface area (Å²) in [5.74, 6) is -0.806. The molecule has 2 heteroatoms. The molecule has 0 radical (unpaired) electrons. The predicted octanol–water partition coefficient (Wildman–Crippen LogP) is 3.73. The van der Waals surface area contributed by atoms with E-state index in [1.54, 1.807) is 6.08 Å². The van der Waals surface area contributed by atoms with Crippen LogP contribution in [0.3, 0.4) is 0 Å². The highest BCUT2D eigenvalue weighted by Crippen LogP contribution is 2.13. The molecule has 0 fully saturated rings. The standard InChI is InChI=1S/C14H18O2/c1-2-3-5-10-13(14(15)16)11-12-8-6-4-7-9-12/h4,6-9,11H,2-3,5,10H2,1H3,(H,15,16)/b13-11-. The number of carboxylic acids is 1. The fraction of sp³-hybridized carbons (Fsp3) is 0.357. The zero-order chi connectivity index (χ0) is 11.8. The van der Waals surface area contributed by atoms with Gasteiger partial charge in [0.15, 0.2) is 0 Å². The van der Waals surface area contributed by atoms with E-state index in [9.17, 15) is 4.79 Å². The highest BCUT2D eigenvalue weighted by molar-refractivity contribution is 5.92. The Hall–Kier alpha value is -1.57. The summed E-state index contributed by atoms with van der Waals surface area (Å²) < 4.78 is 0. The molecule has 16 heavy (non-hydrogen) atoms. The summed E-state index contributed by atoms with van der Waals surface area (Å²) in [4.78, 5) is 11.0. The normalized spacial score (nSPS) is 11.4. The lowest BCUT2D eigenvalue weighted by molar-refractivity contribution is -0.132. The molecule has 1 aromatic rings. The highest BCUT2D eigenvalue weighted by Gasteiger charge is 2.06. The first-order valence-electron chi connectivity index (χ1n) is 5.73. The van der Waals surface area contributed by atoms with Crippen LogP contribution in [0.25, 0.3) is 6.08 Å². The van der Waals surface area contributed by atoms with E-state index in [-0.39, 0.29) is 0 Å². The van der Waals surface area contributed by atoms with Gasteiger partial charge in [-0.2, -0.15) is 0 Å². The molecule has 0 unspecified atom stereocenters. The third-order valence-corrected chi connectivity index (χ3v) is 2.46.